The summed E-state index contributed by atoms with van der Waals surface area (Å²) in [6.07, 6.45) is 1.45. The molecule has 0 aromatic carbocycles. The Morgan fingerprint density at radius 1 is 1.44 bits per heavy atom. The minimum absolute atomic E-state index is 0.280. The van der Waals surface area contributed by atoms with Crippen molar-refractivity contribution >= 4 is 6.09 Å². The van der Waals surface area contributed by atoms with Gasteiger partial charge in [0.05, 0.1) is 12.1 Å². The first kappa shape index (κ1) is 15.2. The number of hydrogen-bond donors (Lipinski definition) is 1. The van der Waals surface area contributed by atoms with Crippen LogP contribution in [0.3, 0.4) is 0 Å². The monoisotopic (exact) mass is 258 g/mol. The van der Waals surface area contributed by atoms with Gasteiger partial charge >= 0.3 is 6.09 Å². The van der Waals surface area contributed by atoms with Crippen molar-refractivity contribution in [3.63, 3.8) is 0 Å². The van der Waals surface area contributed by atoms with Gasteiger partial charge in [-0.3, -0.25) is 0 Å². The Balaban J connectivity index is 2.55. The second kappa shape index (κ2) is 5.89. The number of nitrogens with zero attached hydrogens (tertiary/aromatic N) is 1. The minimum atomic E-state index is -0.463. The van der Waals surface area contributed by atoms with E-state index in [0.29, 0.717) is 26.2 Å². The Labute approximate surface area is 110 Å². The van der Waals surface area contributed by atoms with Gasteiger partial charge in [-0.2, -0.15) is 0 Å². The first-order chi connectivity index (χ1) is 8.32. The summed E-state index contributed by atoms with van der Waals surface area (Å²) in [5.41, 5.74) is 4.95. The van der Waals surface area contributed by atoms with E-state index in [2.05, 4.69) is 6.92 Å². The number of likely N-dealkylation sites (tertiary alicyclic amines) is 1. The van der Waals surface area contributed by atoms with Gasteiger partial charge < -0.3 is 20.1 Å². The van der Waals surface area contributed by atoms with E-state index in [1.807, 2.05) is 20.8 Å². The predicted octanol–water partition coefficient (Wildman–Crippen LogP) is 1.75. The predicted molar refractivity (Wildman–Crippen MR) is 70.5 cm³/mol. The lowest BCUT2D eigenvalue weighted by Crippen LogP contribution is -2.45. The van der Waals surface area contributed by atoms with Gasteiger partial charge in [-0.25, -0.2) is 4.79 Å². The molecule has 106 valence electrons. The molecule has 1 aliphatic rings. The van der Waals surface area contributed by atoms with Gasteiger partial charge in [-0.15, -0.1) is 0 Å². The van der Waals surface area contributed by atoms with Crippen molar-refractivity contribution in [1.29, 1.82) is 0 Å². The first-order valence-electron chi connectivity index (χ1n) is 6.64. The average Bonchev–Trinajstić information content (AvgIpc) is 2.69. The summed E-state index contributed by atoms with van der Waals surface area (Å²) in [7, 11) is 0. The summed E-state index contributed by atoms with van der Waals surface area (Å²) < 4.78 is 11.2. The normalized spacial score (nSPS) is 24.4. The van der Waals surface area contributed by atoms with E-state index in [1.165, 1.54) is 0 Å². The Bertz CT molecular complexity index is 288. The van der Waals surface area contributed by atoms with Crippen LogP contribution in [0.15, 0.2) is 0 Å². The van der Waals surface area contributed by atoms with E-state index in [4.69, 9.17) is 15.2 Å². The molecule has 1 saturated heterocycles. The van der Waals surface area contributed by atoms with Crippen LogP contribution in [0.2, 0.25) is 0 Å². The standard InChI is InChI=1S/C13H26N2O3/c1-5-8-17-13(9-14)6-7-15(10-13)11(16)18-12(2,3)4/h5-10,14H2,1-4H3. The lowest BCUT2D eigenvalue weighted by Gasteiger charge is -2.29. The Hall–Kier alpha value is -0.810. The molecule has 5 heteroatoms. The molecule has 1 fully saturated rings. The fraction of sp³-hybridized carbons (Fsp3) is 0.923. The largest absolute Gasteiger partial charge is 0.444 e. The molecule has 1 atom stereocenters. The number of nitrogens with two attached hydrogens (primary N) is 1. The van der Waals surface area contributed by atoms with Crippen LogP contribution in [0.4, 0.5) is 4.79 Å². The summed E-state index contributed by atoms with van der Waals surface area (Å²) in [5, 5.41) is 0. The topological polar surface area (TPSA) is 64.8 Å². The van der Waals surface area contributed by atoms with E-state index in [9.17, 15) is 4.79 Å². The van der Waals surface area contributed by atoms with Crippen molar-refractivity contribution in [2.75, 3.05) is 26.2 Å². The molecular weight excluding hydrogens is 232 g/mol. The zero-order valence-electron chi connectivity index (χ0n) is 12.0. The number of ether oxygens (including phenoxy) is 2. The molecule has 18 heavy (non-hydrogen) atoms. The van der Waals surface area contributed by atoms with Gasteiger partial charge in [-0.05, 0) is 33.6 Å². The van der Waals surface area contributed by atoms with Crippen LogP contribution < -0.4 is 5.73 Å². The molecule has 0 aromatic rings. The third-order valence-corrected chi connectivity index (χ3v) is 2.95. The van der Waals surface area contributed by atoms with Crippen LogP contribution >= 0.6 is 0 Å². The molecule has 0 aromatic heterocycles. The zero-order valence-corrected chi connectivity index (χ0v) is 12.0. The van der Waals surface area contributed by atoms with E-state index >= 15 is 0 Å². The number of amides is 1. The Morgan fingerprint density at radius 2 is 2.11 bits per heavy atom. The molecule has 5 nitrogen and oxygen atoms in total. The summed E-state index contributed by atoms with van der Waals surface area (Å²) in [6.45, 7) is 9.95. The van der Waals surface area contributed by atoms with Gasteiger partial charge in [0.1, 0.15) is 5.60 Å². The van der Waals surface area contributed by atoms with Crippen molar-refractivity contribution in [3.05, 3.63) is 0 Å². The first-order valence-corrected chi connectivity index (χ1v) is 6.64. The van der Waals surface area contributed by atoms with Crippen molar-refractivity contribution in [2.24, 2.45) is 5.73 Å². The third kappa shape index (κ3) is 4.14. The molecule has 1 aliphatic heterocycles. The maximum atomic E-state index is 11.9. The number of hydrogen-bond acceptors (Lipinski definition) is 4. The summed E-state index contributed by atoms with van der Waals surface area (Å²) in [6, 6.07) is 0. The van der Waals surface area contributed by atoms with Crippen molar-refractivity contribution in [2.45, 2.75) is 51.7 Å². The highest BCUT2D eigenvalue weighted by Crippen LogP contribution is 2.26. The van der Waals surface area contributed by atoms with E-state index in [0.717, 1.165) is 12.8 Å². The highest BCUT2D eigenvalue weighted by Gasteiger charge is 2.41. The van der Waals surface area contributed by atoms with Crippen LogP contribution in [-0.2, 0) is 9.47 Å². The number of carbonyl (C=O) groups is 1. The van der Waals surface area contributed by atoms with E-state index in [-0.39, 0.29) is 11.7 Å². The lowest BCUT2D eigenvalue weighted by atomic mass is 10.0. The van der Waals surface area contributed by atoms with E-state index in [1.54, 1.807) is 4.90 Å². The molecule has 0 aliphatic carbocycles. The van der Waals surface area contributed by atoms with Gasteiger partial charge in [0.25, 0.3) is 0 Å². The molecule has 1 heterocycles. The fourth-order valence-corrected chi connectivity index (χ4v) is 1.99. The smallest absolute Gasteiger partial charge is 0.410 e. The summed E-state index contributed by atoms with van der Waals surface area (Å²) >= 11 is 0. The maximum absolute atomic E-state index is 11.9. The molecule has 0 radical (unpaired) electrons. The number of rotatable bonds is 4. The molecule has 1 amide bonds. The molecule has 1 rings (SSSR count). The second-order valence-corrected chi connectivity index (χ2v) is 5.89. The molecule has 0 bridgehead atoms. The third-order valence-electron chi connectivity index (χ3n) is 2.95. The zero-order chi connectivity index (χ0) is 13.8. The lowest BCUT2D eigenvalue weighted by molar-refractivity contribution is -0.0333. The van der Waals surface area contributed by atoms with Crippen molar-refractivity contribution < 1.29 is 14.3 Å². The summed E-state index contributed by atoms with van der Waals surface area (Å²) in [5.74, 6) is 0. The van der Waals surface area contributed by atoms with Crippen LogP contribution in [0.25, 0.3) is 0 Å². The SMILES string of the molecule is CCCOC1(CN)CCN(C(=O)OC(C)(C)C)C1. The van der Waals surface area contributed by atoms with Gasteiger partial charge in [-0.1, -0.05) is 6.92 Å². The summed E-state index contributed by atoms with van der Waals surface area (Å²) in [4.78, 5) is 13.6. The quantitative estimate of drug-likeness (QED) is 0.834. The molecule has 0 saturated carbocycles. The number of carbonyl (C=O) groups excluding carboxylic acids is 1. The van der Waals surface area contributed by atoms with Crippen LogP contribution in [0, 0.1) is 0 Å². The highest BCUT2D eigenvalue weighted by atomic mass is 16.6. The average molecular weight is 258 g/mol. The molecular formula is C13H26N2O3. The van der Waals surface area contributed by atoms with Gasteiger partial charge in [0, 0.05) is 19.7 Å². The van der Waals surface area contributed by atoms with Crippen LogP contribution in [-0.4, -0.2) is 48.4 Å². The molecule has 0 spiro atoms. The molecule has 2 N–H and O–H groups in total. The highest BCUT2D eigenvalue weighted by molar-refractivity contribution is 5.68. The second-order valence-electron chi connectivity index (χ2n) is 5.89. The van der Waals surface area contributed by atoms with Crippen molar-refractivity contribution in [3.8, 4) is 0 Å². The Kier molecular flexibility index (Phi) is 4.99. The maximum Gasteiger partial charge on any atom is 0.410 e. The minimum Gasteiger partial charge on any atom is -0.444 e. The van der Waals surface area contributed by atoms with Crippen LogP contribution in [0.1, 0.15) is 40.5 Å². The van der Waals surface area contributed by atoms with E-state index < -0.39 is 5.60 Å². The van der Waals surface area contributed by atoms with Crippen LogP contribution in [0.5, 0.6) is 0 Å². The Morgan fingerprint density at radius 3 is 2.61 bits per heavy atom. The van der Waals surface area contributed by atoms with Crippen molar-refractivity contribution in [1.82, 2.24) is 4.90 Å². The van der Waals surface area contributed by atoms with Gasteiger partial charge in [0.15, 0.2) is 0 Å². The van der Waals surface area contributed by atoms with Gasteiger partial charge in [0.2, 0.25) is 0 Å². The fourth-order valence-electron chi connectivity index (χ4n) is 1.99. The molecule has 1 unspecified atom stereocenters.